The van der Waals surface area contributed by atoms with E-state index in [2.05, 4.69) is 15.3 Å². The van der Waals surface area contributed by atoms with Gasteiger partial charge in [-0.2, -0.15) is 5.10 Å². The Balaban J connectivity index is 1.24. The van der Waals surface area contributed by atoms with Crippen molar-refractivity contribution in [1.29, 1.82) is 0 Å². The van der Waals surface area contributed by atoms with Gasteiger partial charge in [0.1, 0.15) is 5.67 Å². The second-order valence-electron chi connectivity index (χ2n) is 10.6. The number of imide groups is 1. The molecule has 0 spiro atoms. The van der Waals surface area contributed by atoms with Crippen LogP contribution in [-0.2, 0) is 11.2 Å². The van der Waals surface area contributed by atoms with Crippen molar-refractivity contribution in [2.75, 3.05) is 24.5 Å². The third-order valence-electron chi connectivity index (χ3n) is 7.89. The van der Waals surface area contributed by atoms with Crippen molar-refractivity contribution < 1.29 is 22.8 Å². The molecule has 0 aromatic carbocycles. The molecule has 1 aliphatic carbocycles. The van der Waals surface area contributed by atoms with Gasteiger partial charge >= 0.3 is 6.03 Å². The van der Waals surface area contributed by atoms with Gasteiger partial charge in [0, 0.05) is 57.6 Å². The van der Waals surface area contributed by atoms with Crippen molar-refractivity contribution in [1.82, 2.24) is 19.8 Å². The van der Waals surface area contributed by atoms with Crippen LogP contribution in [0.5, 0.6) is 0 Å². The van der Waals surface area contributed by atoms with Crippen LogP contribution in [0.15, 0.2) is 24.5 Å². The highest BCUT2D eigenvalue weighted by Crippen LogP contribution is 2.39. The van der Waals surface area contributed by atoms with E-state index in [9.17, 15) is 18.4 Å². The summed E-state index contributed by atoms with van der Waals surface area (Å²) in [4.78, 5) is 27.5. The lowest BCUT2D eigenvalue weighted by molar-refractivity contribution is -0.120. The molecule has 1 saturated carbocycles. The van der Waals surface area contributed by atoms with Crippen molar-refractivity contribution in [3.63, 3.8) is 0 Å². The van der Waals surface area contributed by atoms with Gasteiger partial charge in [-0.25, -0.2) is 22.5 Å². The molecule has 3 fully saturated rings. The molecule has 2 saturated heterocycles. The molecule has 1 N–H and O–H groups in total. The molecule has 2 aliphatic heterocycles. The van der Waals surface area contributed by atoms with Gasteiger partial charge < -0.3 is 4.90 Å². The van der Waals surface area contributed by atoms with Crippen LogP contribution in [0.3, 0.4) is 0 Å². The molecule has 4 heterocycles. The normalized spacial score (nSPS) is 28.5. The fourth-order valence-electron chi connectivity index (χ4n) is 5.86. The number of anilines is 1. The monoisotopic (exact) mass is 491 g/mol. The van der Waals surface area contributed by atoms with E-state index < -0.39 is 17.6 Å². The topological polar surface area (TPSA) is 70.0 Å². The number of carbonyl (C=O) groups is 2. The Hall–Kier alpha value is -2.62. The van der Waals surface area contributed by atoms with E-state index in [0.29, 0.717) is 43.4 Å². The SMILES string of the molecule is C[C@H]1C[C@](F)(Cc2ccn3ncc(N4CCC(=O)NC4=O)c3c2)CCN1CC1CCC(F)(F)CC1. The molecule has 0 bridgehead atoms. The number of alkyl halides is 3. The van der Waals surface area contributed by atoms with Gasteiger partial charge in [0.15, 0.2) is 0 Å². The van der Waals surface area contributed by atoms with Crippen LogP contribution in [0, 0.1) is 5.92 Å². The van der Waals surface area contributed by atoms with Gasteiger partial charge in [0.25, 0.3) is 0 Å². The number of hydrogen-bond donors (Lipinski definition) is 1. The van der Waals surface area contributed by atoms with Gasteiger partial charge in [0.2, 0.25) is 11.8 Å². The minimum absolute atomic E-state index is 0.0403. The fourth-order valence-corrected chi connectivity index (χ4v) is 5.86. The molecule has 5 rings (SSSR count). The number of nitrogens with one attached hydrogen (secondary N) is 1. The highest BCUT2D eigenvalue weighted by atomic mass is 19.3. The Morgan fingerprint density at radius 2 is 1.91 bits per heavy atom. The van der Waals surface area contributed by atoms with Gasteiger partial charge in [-0.1, -0.05) is 0 Å². The Bertz CT molecular complexity index is 1110. The number of likely N-dealkylation sites (tertiary alicyclic amines) is 1. The zero-order chi connectivity index (χ0) is 24.8. The second kappa shape index (κ2) is 9.11. The Morgan fingerprint density at radius 3 is 2.63 bits per heavy atom. The predicted molar refractivity (Wildman–Crippen MR) is 125 cm³/mol. The molecule has 35 heavy (non-hydrogen) atoms. The molecule has 3 aliphatic rings. The van der Waals surface area contributed by atoms with Crippen LogP contribution in [0.4, 0.5) is 23.7 Å². The minimum atomic E-state index is -2.52. The first kappa shape index (κ1) is 24.1. The molecule has 0 radical (unpaired) electrons. The van der Waals surface area contributed by atoms with Crippen LogP contribution < -0.4 is 10.2 Å². The first-order valence-corrected chi connectivity index (χ1v) is 12.5. The number of nitrogens with zero attached hydrogens (tertiary/aromatic N) is 4. The standard InChI is InChI=1S/C25H32F3N5O2/c1-17-13-24(26,8-11-31(17)16-18-2-6-25(27,28)7-3-18)14-19-4-10-33-20(12-19)21(15-29-33)32-9-5-22(34)30-23(32)35/h4,10,12,15,17-18H,2-3,5-9,11,13-14,16H2,1H3,(H,30,34,35)/t17-,24-/m0/s1. The molecule has 3 amide bonds. The van der Waals surface area contributed by atoms with Crippen molar-refractivity contribution in [2.24, 2.45) is 5.92 Å². The van der Waals surface area contributed by atoms with Crippen molar-refractivity contribution in [3.05, 3.63) is 30.1 Å². The first-order chi connectivity index (χ1) is 16.6. The highest BCUT2D eigenvalue weighted by Gasteiger charge is 2.41. The molecular weight excluding hydrogens is 459 g/mol. The molecule has 7 nitrogen and oxygen atoms in total. The van der Waals surface area contributed by atoms with E-state index >= 15 is 4.39 Å². The molecule has 0 unspecified atom stereocenters. The number of hydrogen-bond acceptors (Lipinski definition) is 4. The summed E-state index contributed by atoms with van der Waals surface area (Å²) in [5, 5.41) is 6.62. The smallest absolute Gasteiger partial charge is 0.300 e. The van der Waals surface area contributed by atoms with E-state index in [1.807, 2.05) is 19.1 Å². The van der Waals surface area contributed by atoms with E-state index in [-0.39, 0.29) is 50.1 Å². The summed E-state index contributed by atoms with van der Waals surface area (Å²) in [6, 6.07) is 3.28. The second-order valence-corrected chi connectivity index (χ2v) is 10.6. The third kappa shape index (κ3) is 5.17. The lowest BCUT2D eigenvalue weighted by Crippen LogP contribution is -2.50. The summed E-state index contributed by atoms with van der Waals surface area (Å²) in [6.07, 6.45) is 5.60. The summed E-state index contributed by atoms with van der Waals surface area (Å²) >= 11 is 0. The summed E-state index contributed by atoms with van der Waals surface area (Å²) < 4.78 is 44.6. The number of amides is 3. The van der Waals surface area contributed by atoms with Crippen molar-refractivity contribution >= 4 is 23.1 Å². The number of urea groups is 1. The number of carbonyl (C=O) groups excluding carboxylic acids is 2. The molecule has 2 aromatic heterocycles. The molecule has 190 valence electrons. The largest absolute Gasteiger partial charge is 0.328 e. The Kier molecular flexibility index (Phi) is 6.27. The van der Waals surface area contributed by atoms with Crippen LogP contribution in [-0.4, -0.2) is 63.7 Å². The van der Waals surface area contributed by atoms with Gasteiger partial charge in [-0.05, 0) is 56.2 Å². The third-order valence-corrected chi connectivity index (χ3v) is 7.89. The number of fused-ring (bicyclic) bond motifs is 1. The molecule has 2 aromatic rings. The maximum atomic E-state index is 16.0. The zero-order valence-corrected chi connectivity index (χ0v) is 20.0. The highest BCUT2D eigenvalue weighted by molar-refractivity contribution is 6.07. The van der Waals surface area contributed by atoms with E-state index in [1.54, 1.807) is 16.9 Å². The Morgan fingerprint density at radius 1 is 1.14 bits per heavy atom. The number of halogens is 3. The molecule has 10 heteroatoms. The molecular formula is C25H32F3N5O2. The van der Waals surface area contributed by atoms with Crippen LogP contribution in [0.25, 0.3) is 5.52 Å². The van der Waals surface area contributed by atoms with Crippen molar-refractivity contribution in [3.8, 4) is 0 Å². The van der Waals surface area contributed by atoms with E-state index in [0.717, 1.165) is 12.1 Å². The van der Waals surface area contributed by atoms with E-state index in [1.165, 1.54) is 4.90 Å². The quantitative estimate of drug-likeness (QED) is 0.676. The number of rotatable bonds is 5. The van der Waals surface area contributed by atoms with Crippen LogP contribution in [0.1, 0.15) is 57.4 Å². The maximum absolute atomic E-state index is 16.0. The summed E-state index contributed by atoms with van der Waals surface area (Å²) in [6.45, 7) is 3.68. The van der Waals surface area contributed by atoms with Gasteiger partial charge in [0.05, 0.1) is 17.4 Å². The maximum Gasteiger partial charge on any atom is 0.328 e. The molecule has 2 atom stereocenters. The average molecular weight is 492 g/mol. The van der Waals surface area contributed by atoms with Crippen molar-refractivity contribution in [2.45, 2.75) is 75.9 Å². The number of piperidine rings is 1. The minimum Gasteiger partial charge on any atom is -0.300 e. The lowest BCUT2D eigenvalue weighted by Gasteiger charge is -2.43. The van der Waals surface area contributed by atoms with Crippen LogP contribution >= 0.6 is 0 Å². The van der Waals surface area contributed by atoms with Gasteiger partial charge in [-0.3, -0.25) is 15.0 Å². The first-order valence-electron chi connectivity index (χ1n) is 12.5. The number of aromatic nitrogens is 2. The summed E-state index contributed by atoms with van der Waals surface area (Å²) in [7, 11) is 0. The van der Waals surface area contributed by atoms with Gasteiger partial charge in [-0.15, -0.1) is 0 Å². The fraction of sp³-hybridized carbons (Fsp3) is 0.640. The number of pyridine rings is 1. The zero-order valence-electron chi connectivity index (χ0n) is 20.0. The van der Waals surface area contributed by atoms with Crippen LogP contribution in [0.2, 0.25) is 0 Å². The average Bonchev–Trinajstić information content (AvgIpc) is 3.20. The predicted octanol–water partition coefficient (Wildman–Crippen LogP) is 4.34. The summed E-state index contributed by atoms with van der Waals surface area (Å²) in [5.41, 5.74) is 0.745. The lowest BCUT2D eigenvalue weighted by atomic mass is 9.82. The Labute approximate surface area is 202 Å². The summed E-state index contributed by atoms with van der Waals surface area (Å²) in [5.74, 6) is -2.57. The van der Waals surface area contributed by atoms with E-state index in [4.69, 9.17) is 0 Å².